The first-order chi connectivity index (χ1) is 11.7. The molecular weight excluding hydrogens is 345 g/mol. The third kappa shape index (κ3) is 3.91. The lowest BCUT2D eigenvalue weighted by atomic mass is 10.2. The molecule has 0 aliphatic carbocycles. The molecule has 0 N–H and O–H groups in total. The van der Waals surface area contributed by atoms with Gasteiger partial charge in [-0.1, -0.05) is 36.9 Å². The highest BCUT2D eigenvalue weighted by Gasteiger charge is 2.36. The van der Waals surface area contributed by atoms with Gasteiger partial charge in [-0.05, 0) is 35.6 Å². The van der Waals surface area contributed by atoms with Gasteiger partial charge in [-0.3, -0.25) is 9.69 Å². The first-order valence-electron chi connectivity index (χ1n) is 7.54. The van der Waals surface area contributed by atoms with E-state index in [9.17, 15) is 9.18 Å². The van der Waals surface area contributed by atoms with E-state index < -0.39 is 0 Å². The SMILES string of the molecule is CC[C@@H]1S/C(=N/N=C\c2cccs2)N(Cc2ccc(F)cc2)C1=O. The zero-order chi connectivity index (χ0) is 16.9. The topological polar surface area (TPSA) is 45.0 Å². The molecule has 1 fully saturated rings. The number of amidine groups is 1. The number of thiophene rings is 1. The molecule has 0 spiro atoms. The molecule has 0 unspecified atom stereocenters. The van der Waals surface area contributed by atoms with Crippen LogP contribution in [0.15, 0.2) is 52.0 Å². The first kappa shape index (κ1) is 16.9. The fourth-order valence-corrected chi connectivity index (χ4v) is 3.87. The molecule has 2 heterocycles. The fraction of sp³-hybridized carbons (Fsp3) is 0.235. The van der Waals surface area contributed by atoms with E-state index in [1.165, 1.54) is 23.9 Å². The van der Waals surface area contributed by atoms with Crippen molar-refractivity contribution >= 4 is 40.4 Å². The lowest BCUT2D eigenvalue weighted by Crippen LogP contribution is -2.31. The van der Waals surface area contributed by atoms with Gasteiger partial charge in [-0.25, -0.2) is 4.39 Å². The highest BCUT2D eigenvalue weighted by molar-refractivity contribution is 8.15. The molecule has 124 valence electrons. The summed E-state index contributed by atoms with van der Waals surface area (Å²) in [6.07, 6.45) is 2.41. The average Bonchev–Trinajstić information content (AvgIpc) is 3.20. The van der Waals surface area contributed by atoms with Crippen molar-refractivity contribution in [1.82, 2.24) is 4.90 Å². The summed E-state index contributed by atoms with van der Waals surface area (Å²) in [4.78, 5) is 15.1. The fourth-order valence-electron chi connectivity index (χ4n) is 2.26. The van der Waals surface area contributed by atoms with Gasteiger partial charge in [0.1, 0.15) is 5.82 Å². The minimum atomic E-state index is -0.290. The molecule has 1 aromatic carbocycles. The standard InChI is InChI=1S/C17H16FN3OS2/c1-2-15-16(22)21(11-12-5-7-13(18)8-6-12)17(24-15)20-19-10-14-4-3-9-23-14/h3-10,15H,2,11H2,1H3/b19-10-,20-17+/t15-/m0/s1. The number of benzene rings is 1. The second-order valence-corrected chi connectivity index (χ2v) is 7.36. The van der Waals surface area contributed by atoms with Crippen LogP contribution in [0.2, 0.25) is 0 Å². The van der Waals surface area contributed by atoms with Crippen molar-refractivity contribution in [3.8, 4) is 0 Å². The average molecular weight is 361 g/mol. The predicted octanol–water partition coefficient (Wildman–Crippen LogP) is 4.13. The number of carbonyl (C=O) groups excluding carboxylic acids is 1. The van der Waals surface area contributed by atoms with E-state index in [1.54, 1.807) is 34.6 Å². The normalized spacial score (nSPS) is 19.8. The van der Waals surface area contributed by atoms with E-state index in [2.05, 4.69) is 10.2 Å². The Morgan fingerprint density at radius 2 is 2.08 bits per heavy atom. The van der Waals surface area contributed by atoms with Crippen molar-refractivity contribution in [2.24, 2.45) is 10.2 Å². The molecular formula is C17H16FN3OS2. The molecule has 1 amide bonds. The maximum atomic E-state index is 13.0. The highest BCUT2D eigenvalue weighted by atomic mass is 32.2. The second kappa shape index (κ2) is 7.72. The van der Waals surface area contributed by atoms with Gasteiger partial charge in [0.15, 0.2) is 5.17 Å². The summed E-state index contributed by atoms with van der Waals surface area (Å²) in [5, 5.41) is 10.7. The van der Waals surface area contributed by atoms with Crippen LogP contribution < -0.4 is 0 Å². The Morgan fingerprint density at radius 1 is 1.29 bits per heavy atom. The van der Waals surface area contributed by atoms with Crippen molar-refractivity contribution < 1.29 is 9.18 Å². The molecule has 7 heteroatoms. The number of thioether (sulfide) groups is 1. The zero-order valence-corrected chi connectivity index (χ0v) is 14.7. The van der Waals surface area contributed by atoms with Crippen LogP contribution in [0.1, 0.15) is 23.8 Å². The molecule has 3 rings (SSSR count). The molecule has 1 aliphatic heterocycles. The Morgan fingerprint density at radius 3 is 2.75 bits per heavy atom. The summed E-state index contributed by atoms with van der Waals surface area (Å²) >= 11 is 3.00. The van der Waals surface area contributed by atoms with Crippen LogP contribution in [0.3, 0.4) is 0 Å². The number of nitrogens with zero attached hydrogens (tertiary/aromatic N) is 3. The van der Waals surface area contributed by atoms with Crippen molar-refractivity contribution in [2.75, 3.05) is 0 Å². The Bertz CT molecular complexity index is 757. The molecule has 0 radical (unpaired) electrons. The van der Waals surface area contributed by atoms with Gasteiger partial charge in [0.2, 0.25) is 5.91 Å². The number of rotatable bonds is 5. The van der Waals surface area contributed by atoms with Crippen LogP contribution in [0.25, 0.3) is 0 Å². The number of halogens is 1. The Kier molecular flexibility index (Phi) is 5.42. The van der Waals surface area contributed by atoms with Gasteiger partial charge in [0.25, 0.3) is 0 Å². The molecule has 4 nitrogen and oxygen atoms in total. The largest absolute Gasteiger partial charge is 0.284 e. The molecule has 2 aromatic rings. The third-order valence-electron chi connectivity index (χ3n) is 3.52. The Balaban J connectivity index is 1.79. The molecule has 1 aromatic heterocycles. The minimum absolute atomic E-state index is 0.0249. The lowest BCUT2D eigenvalue weighted by molar-refractivity contribution is -0.126. The van der Waals surface area contributed by atoms with Crippen molar-refractivity contribution in [3.05, 3.63) is 58.0 Å². The molecule has 24 heavy (non-hydrogen) atoms. The quantitative estimate of drug-likeness (QED) is 0.594. The Hall–Kier alpha value is -1.99. The van der Waals surface area contributed by atoms with E-state index >= 15 is 0 Å². The smallest absolute Gasteiger partial charge is 0.242 e. The number of carbonyl (C=O) groups is 1. The van der Waals surface area contributed by atoms with E-state index in [0.29, 0.717) is 11.7 Å². The zero-order valence-electron chi connectivity index (χ0n) is 13.1. The molecule has 1 atom stereocenters. The van der Waals surface area contributed by atoms with Crippen LogP contribution in [0.5, 0.6) is 0 Å². The van der Waals surface area contributed by atoms with Crippen LogP contribution in [0.4, 0.5) is 4.39 Å². The highest BCUT2D eigenvalue weighted by Crippen LogP contribution is 2.30. The lowest BCUT2D eigenvalue weighted by Gasteiger charge is -2.15. The van der Waals surface area contributed by atoms with Crippen molar-refractivity contribution in [1.29, 1.82) is 0 Å². The summed E-state index contributed by atoms with van der Waals surface area (Å²) in [6, 6.07) is 10.0. The summed E-state index contributed by atoms with van der Waals surface area (Å²) < 4.78 is 13.0. The Labute approximate surface area is 148 Å². The maximum Gasteiger partial charge on any atom is 0.242 e. The number of hydrogen-bond acceptors (Lipinski definition) is 5. The molecule has 0 saturated carbocycles. The van der Waals surface area contributed by atoms with Crippen molar-refractivity contribution in [3.63, 3.8) is 0 Å². The summed E-state index contributed by atoms with van der Waals surface area (Å²) in [5.41, 5.74) is 0.858. The van der Waals surface area contributed by atoms with Crippen LogP contribution in [0, 0.1) is 5.82 Å². The maximum absolute atomic E-state index is 13.0. The van der Waals surface area contributed by atoms with Crippen LogP contribution in [-0.4, -0.2) is 27.4 Å². The van der Waals surface area contributed by atoms with E-state index in [4.69, 9.17) is 0 Å². The van der Waals surface area contributed by atoms with Crippen LogP contribution in [-0.2, 0) is 11.3 Å². The third-order valence-corrected chi connectivity index (χ3v) is 5.66. The molecule has 0 bridgehead atoms. The van der Waals surface area contributed by atoms with Gasteiger partial charge in [0.05, 0.1) is 18.0 Å². The van der Waals surface area contributed by atoms with Gasteiger partial charge in [0, 0.05) is 4.88 Å². The number of hydrogen-bond donors (Lipinski definition) is 0. The molecule has 1 saturated heterocycles. The van der Waals surface area contributed by atoms with Gasteiger partial charge < -0.3 is 0 Å². The van der Waals surface area contributed by atoms with Gasteiger partial charge >= 0.3 is 0 Å². The monoisotopic (exact) mass is 361 g/mol. The van der Waals surface area contributed by atoms with Gasteiger partial charge in [-0.2, -0.15) is 5.10 Å². The summed E-state index contributed by atoms with van der Waals surface area (Å²) in [7, 11) is 0. The van der Waals surface area contributed by atoms with E-state index in [-0.39, 0.29) is 17.0 Å². The minimum Gasteiger partial charge on any atom is -0.284 e. The van der Waals surface area contributed by atoms with Crippen LogP contribution >= 0.6 is 23.1 Å². The van der Waals surface area contributed by atoms with E-state index in [0.717, 1.165) is 16.9 Å². The second-order valence-electron chi connectivity index (χ2n) is 5.21. The van der Waals surface area contributed by atoms with Crippen molar-refractivity contribution in [2.45, 2.75) is 25.1 Å². The summed E-state index contributed by atoms with van der Waals surface area (Å²) in [6.45, 7) is 2.35. The number of amides is 1. The van der Waals surface area contributed by atoms with E-state index in [1.807, 2.05) is 24.4 Å². The predicted molar refractivity (Wildman–Crippen MR) is 98.0 cm³/mol. The first-order valence-corrected chi connectivity index (χ1v) is 9.30. The van der Waals surface area contributed by atoms with Gasteiger partial charge in [-0.15, -0.1) is 16.4 Å². The molecule has 1 aliphatic rings. The summed E-state index contributed by atoms with van der Waals surface area (Å²) in [5.74, 6) is -0.265.